The Morgan fingerprint density at radius 3 is 2.85 bits per heavy atom. The van der Waals surface area contributed by atoms with Crippen molar-refractivity contribution in [2.24, 2.45) is 7.05 Å². The smallest absolute Gasteiger partial charge is 0.221 e. The molecule has 0 saturated carbocycles. The molecule has 6 heteroatoms. The number of rotatable bonds is 5. The fraction of sp³-hybridized carbons (Fsp3) is 0.286. The van der Waals surface area contributed by atoms with Crippen molar-refractivity contribution in [3.8, 4) is 5.75 Å². The number of amides is 1. The molecule has 0 saturated heterocycles. The van der Waals surface area contributed by atoms with E-state index in [0.717, 1.165) is 11.5 Å². The first-order valence-corrected chi connectivity index (χ1v) is 6.26. The van der Waals surface area contributed by atoms with Crippen LogP contribution >= 0.6 is 0 Å². The van der Waals surface area contributed by atoms with E-state index in [4.69, 9.17) is 4.74 Å². The van der Waals surface area contributed by atoms with E-state index in [9.17, 15) is 4.79 Å². The van der Waals surface area contributed by atoms with E-state index in [1.54, 1.807) is 19.4 Å². The third-order valence-corrected chi connectivity index (χ3v) is 2.88. The van der Waals surface area contributed by atoms with Crippen molar-refractivity contribution in [2.75, 3.05) is 17.7 Å². The molecule has 0 spiro atoms. The Morgan fingerprint density at radius 2 is 2.25 bits per heavy atom. The molecule has 2 N–H and O–H groups in total. The number of imidazole rings is 1. The summed E-state index contributed by atoms with van der Waals surface area (Å²) in [6.45, 7) is 2.08. The molecule has 0 fully saturated rings. The van der Waals surface area contributed by atoms with Gasteiger partial charge in [0.15, 0.2) is 0 Å². The highest BCUT2D eigenvalue weighted by Gasteiger charge is 2.06. The van der Waals surface area contributed by atoms with Crippen LogP contribution in [0.3, 0.4) is 0 Å². The van der Waals surface area contributed by atoms with Crippen molar-refractivity contribution in [3.63, 3.8) is 0 Å². The van der Waals surface area contributed by atoms with E-state index in [-0.39, 0.29) is 5.91 Å². The molecule has 20 heavy (non-hydrogen) atoms. The minimum Gasteiger partial charge on any atom is -0.494 e. The van der Waals surface area contributed by atoms with Gasteiger partial charge in [-0.25, -0.2) is 4.98 Å². The summed E-state index contributed by atoms with van der Waals surface area (Å²) >= 11 is 0. The van der Waals surface area contributed by atoms with Gasteiger partial charge >= 0.3 is 0 Å². The zero-order valence-electron chi connectivity index (χ0n) is 11.8. The summed E-state index contributed by atoms with van der Waals surface area (Å²) in [5.41, 5.74) is 1.56. The van der Waals surface area contributed by atoms with Gasteiger partial charge in [-0.05, 0) is 12.1 Å². The molecule has 6 nitrogen and oxygen atoms in total. The number of nitrogens with zero attached hydrogens (tertiary/aromatic N) is 2. The Bertz CT molecular complexity index is 607. The van der Waals surface area contributed by atoms with Crippen LogP contribution in [0.15, 0.2) is 30.6 Å². The quantitative estimate of drug-likeness (QED) is 0.875. The SMILES string of the molecule is COc1cc(NCc2nccn2C)ccc1NC(C)=O. The van der Waals surface area contributed by atoms with Gasteiger partial charge in [0.1, 0.15) is 11.6 Å². The Hall–Kier alpha value is -2.50. The molecule has 2 rings (SSSR count). The molecule has 0 bridgehead atoms. The number of carbonyl (C=O) groups excluding carboxylic acids is 1. The fourth-order valence-corrected chi connectivity index (χ4v) is 1.84. The molecular weight excluding hydrogens is 256 g/mol. The minimum atomic E-state index is -0.128. The van der Waals surface area contributed by atoms with Crippen LogP contribution in [0.4, 0.5) is 11.4 Å². The average Bonchev–Trinajstić information content (AvgIpc) is 2.82. The first-order valence-electron chi connectivity index (χ1n) is 6.26. The molecule has 0 aliphatic carbocycles. The Balaban J connectivity index is 2.09. The lowest BCUT2D eigenvalue weighted by atomic mass is 10.2. The van der Waals surface area contributed by atoms with Gasteiger partial charge in [-0.15, -0.1) is 0 Å². The lowest BCUT2D eigenvalue weighted by molar-refractivity contribution is -0.114. The van der Waals surface area contributed by atoms with Gasteiger partial charge in [0, 0.05) is 38.1 Å². The van der Waals surface area contributed by atoms with Crippen LogP contribution in [0.1, 0.15) is 12.7 Å². The van der Waals surface area contributed by atoms with Crippen molar-refractivity contribution in [2.45, 2.75) is 13.5 Å². The first-order chi connectivity index (χ1) is 9.60. The van der Waals surface area contributed by atoms with Gasteiger partial charge in [0.05, 0.1) is 19.3 Å². The summed E-state index contributed by atoms with van der Waals surface area (Å²) in [5, 5.41) is 5.99. The van der Waals surface area contributed by atoms with Crippen LogP contribution in [0.25, 0.3) is 0 Å². The summed E-state index contributed by atoms with van der Waals surface area (Å²) in [5.74, 6) is 1.43. The number of methoxy groups -OCH3 is 1. The van der Waals surface area contributed by atoms with Gasteiger partial charge in [0.25, 0.3) is 0 Å². The summed E-state index contributed by atoms with van der Waals surface area (Å²) in [6, 6.07) is 5.53. The number of ether oxygens (including phenoxy) is 1. The second-order valence-corrected chi connectivity index (χ2v) is 4.40. The van der Waals surface area contributed by atoms with Gasteiger partial charge < -0.3 is 19.9 Å². The zero-order chi connectivity index (χ0) is 14.5. The second kappa shape index (κ2) is 6.10. The summed E-state index contributed by atoms with van der Waals surface area (Å²) in [7, 11) is 3.52. The van der Waals surface area contributed by atoms with E-state index in [2.05, 4.69) is 15.6 Å². The van der Waals surface area contributed by atoms with Crippen molar-refractivity contribution >= 4 is 17.3 Å². The molecule has 0 aliphatic heterocycles. The number of hydrogen-bond donors (Lipinski definition) is 2. The molecule has 1 heterocycles. The molecule has 0 radical (unpaired) electrons. The molecule has 0 aliphatic rings. The predicted octanol–water partition coefficient (Wildman–Crippen LogP) is 2.00. The Labute approximate surface area is 117 Å². The maximum atomic E-state index is 11.1. The monoisotopic (exact) mass is 274 g/mol. The first kappa shape index (κ1) is 13.9. The topological polar surface area (TPSA) is 68.2 Å². The standard InChI is InChI=1S/C14H18N4O2/c1-10(19)17-12-5-4-11(8-13(12)20-3)16-9-14-15-6-7-18(14)2/h4-8,16H,9H2,1-3H3,(H,17,19). The number of benzene rings is 1. The van der Waals surface area contributed by atoms with E-state index in [1.807, 2.05) is 29.9 Å². The van der Waals surface area contributed by atoms with Crippen LogP contribution < -0.4 is 15.4 Å². The Morgan fingerprint density at radius 1 is 1.45 bits per heavy atom. The highest BCUT2D eigenvalue weighted by atomic mass is 16.5. The lowest BCUT2D eigenvalue weighted by Crippen LogP contribution is -2.08. The number of aryl methyl sites for hydroxylation is 1. The van der Waals surface area contributed by atoms with E-state index in [1.165, 1.54) is 6.92 Å². The van der Waals surface area contributed by atoms with Crippen molar-refractivity contribution < 1.29 is 9.53 Å². The van der Waals surface area contributed by atoms with Gasteiger partial charge in [0.2, 0.25) is 5.91 Å². The van der Waals surface area contributed by atoms with E-state index < -0.39 is 0 Å². The van der Waals surface area contributed by atoms with Crippen LogP contribution in [-0.4, -0.2) is 22.6 Å². The van der Waals surface area contributed by atoms with Crippen molar-refractivity contribution in [1.82, 2.24) is 9.55 Å². The lowest BCUT2D eigenvalue weighted by Gasteiger charge is -2.12. The molecule has 106 valence electrons. The van der Waals surface area contributed by atoms with Crippen LogP contribution in [0.2, 0.25) is 0 Å². The second-order valence-electron chi connectivity index (χ2n) is 4.40. The normalized spacial score (nSPS) is 10.2. The average molecular weight is 274 g/mol. The van der Waals surface area contributed by atoms with Gasteiger partial charge in [-0.1, -0.05) is 0 Å². The third-order valence-electron chi connectivity index (χ3n) is 2.88. The number of anilines is 2. The van der Waals surface area contributed by atoms with E-state index in [0.29, 0.717) is 18.0 Å². The summed E-state index contributed by atoms with van der Waals surface area (Å²) in [6.07, 6.45) is 3.66. The Kier molecular flexibility index (Phi) is 4.24. The molecule has 0 unspecified atom stereocenters. The summed E-state index contributed by atoms with van der Waals surface area (Å²) < 4.78 is 7.23. The highest BCUT2D eigenvalue weighted by Crippen LogP contribution is 2.28. The van der Waals surface area contributed by atoms with Crippen molar-refractivity contribution in [1.29, 1.82) is 0 Å². The van der Waals surface area contributed by atoms with Gasteiger partial charge in [-0.3, -0.25) is 4.79 Å². The van der Waals surface area contributed by atoms with E-state index >= 15 is 0 Å². The number of nitrogens with one attached hydrogen (secondary N) is 2. The molecule has 1 aromatic heterocycles. The highest BCUT2D eigenvalue weighted by molar-refractivity contribution is 5.90. The predicted molar refractivity (Wildman–Crippen MR) is 77.8 cm³/mol. The minimum absolute atomic E-state index is 0.128. The van der Waals surface area contributed by atoms with Crippen LogP contribution in [0, 0.1) is 0 Å². The maximum Gasteiger partial charge on any atom is 0.221 e. The zero-order valence-corrected chi connectivity index (χ0v) is 11.8. The third kappa shape index (κ3) is 3.28. The maximum absolute atomic E-state index is 11.1. The molecular formula is C14H18N4O2. The molecule has 1 aromatic carbocycles. The van der Waals surface area contributed by atoms with Crippen LogP contribution in [0.5, 0.6) is 5.75 Å². The van der Waals surface area contributed by atoms with Crippen molar-refractivity contribution in [3.05, 3.63) is 36.4 Å². The summed E-state index contributed by atoms with van der Waals surface area (Å²) in [4.78, 5) is 15.3. The number of aromatic nitrogens is 2. The fourth-order valence-electron chi connectivity index (χ4n) is 1.84. The van der Waals surface area contributed by atoms with Gasteiger partial charge in [-0.2, -0.15) is 0 Å². The molecule has 1 amide bonds. The number of carbonyl (C=O) groups is 1. The molecule has 2 aromatic rings. The largest absolute Gasteiger partial charge is 0.494 e. The van der Waals surface area contributed by atoms with Crippen LogP contribution in [-0.2, 0) is 18.4 Å². The molecule has 0 atom stereocenters. The number of hydrogen-bond acceptors (Lipinski definition) is 4.